The highest BCUT2D eigenvalue weighted by Crippen LogP contribution is 2.32. The summed E-state index contributed by atoms with van der Waals surface area (Å²) in [6, 6.07) is 14.4. The summed E-state index contributed by atoms with van der Waals surface area (Å²) in [5.74, 6) is -0.598. The maximum atomic E-state index is 13.4. The van der Waals surface area contributed by atoms with Crippen LogP contribution in [0.15, 0.2) is 54.6 Å². The number of rotatable bonds is 8. The minimum Gasteiger partial charge on any atom is -0.481 e. The normalized spacial score (nSPS) is 10.8. The smallest absolute Gasteiger partial charge is 0.319 e. The van der Waals surface area contributed by atoms with Gasteiger partial charge in [0.1, 0.15) is 10.8 Å². The number of anilines is 1. The fourth-order valence-corrected chi connectivity index (χ4v) is 5.08. The zero-order valence-electron chi connectivity index (χ0n) is 18.8. The van der Waals surface area contributed by atoms with Gasteiger partial charge in [0, 0.05) is 10.4 Å². The molecule has 0 aliphatic heterocycles. The van der Waals surface area contributed by atoms with Crippen LogP contribution in [0, 0.1) is 6.92 Å². The standard InChI is InChI=1S/C24H19Cl2N5O4S/c1-13-29-30-20(12-27-24(35)28-19-9-5-4-8-18(19)26)31(13)23-16(10-14(36-23)11-21(32)33)22(34)15-6-2-3-7-17(15)25/h2-10H,11-12H2,1H3,(H,32,33)(H2,27,28,35). The molecule has 0 unspecified atom stereocenters. The zero-order chi connectivity index (χ0) is 25.8. The molecule has 2 aromatic carbocycles. The van der Waals surface area contributed by atoms with Crippen LogP contribution in [0.2, 0.25) is 10.0 Å². The Morgan fingerprint density at radius 1 is 1.00 bits per heavy atom. The second-order valence-electron chi connectivity index (χ2n) is 7.60. The highest BCUT2D eigenvalue weighted by molar-refractivity contribution is 7.15. The molecule has 0 aliphatic carbocycles. The summed E-state index contributed by atoms with van der Waals surface area (Å²) in [5.41, 5.74) is 0.983. The van der Waals surface area contributed by atoms with Crippen molar-refractivity contribution in [2.45, 2.75) is 19.9 Å². The van der Waals surface area contributed by atoms with E-state index in [0.29, 0.717) is 32.2 Å². The van der Waals surface area contributed by atoms with E-state index in [0.717, 1.165) is 11.3 Å². The fraction of sp³-hybridized carbons (Fsp3) is 0.125. The summed E-state index contributed by atoms with van der Waals surface area (Å²) in [6.45, 7) is 1.67. The monoisotopic (exact) mass is 543 g/mol. The largest absolute Gasteiger partial charge is 0.481 e. The number of carboxylic acids is 1. The van der Waals surface area contributed by atoms with Crippen LogP contribution >= 0.6 is 34.5 Å². The zero-order valence-corrected chi connectivity index (χ0v) is 21.1. The van der Waals surface area contributed by atoms with Crippen LogP contribution in [0.4, 0.5) is 10.5 Å². The molecule has 12 heteroatoms. The van der Waals surface area contributed by atoms with E-state index in [4.69, 9.17) is 23.2 Å². The van der Waals surface area contributed by atoms with Gasteiger partial charge in [0.05, 0.1) is 34.3 Å². The van der Waals surface area contributed by atoms with Crippen molar-refractivity contribution in [2.24, 2.45) is 0 Å². The highest BCUT2D eigenvalue weighted by Gasteiger charge is 2.25. The summed E-state index contributed by atoms with van der Waals surface area (Å²) in [6.07, 6.45) is -0.261. The first-order chi connectivity index (χ1) is 17.2. The van der Waals surface area contributed by atoms with Crippen molar-refractivity contribution in [3.63, 3.8) is 0 Å². The number of hydrogen-bond acceptors (Lipinski definition) is 6. The lowest BCUT2D eigenvalue weighted by atomic mass is 10.0. The average Bonchev–Trinajstić information content (AvgIpc) is 3.41. The molecule has 2 heterocycles. The van der Waals surface area contributed by atoms with Gasteiger partial charge in [-0.15, -0.1) is 21.5 Å². The molecule has 0 radical (unpaired) electrons. The quantitative estimate of drug-likeness (QED) is 0.264. The van der Waals surface area contributed by atoms with E-state index in [1.165, 1.54) is 0 Å². The second kappa shape index (κ2) is 10.9. The lowest BCUT2D eigenvalue weighted by Gasteiger charge is -2.11. The van der Waals surface area contributed by atoms with Gasteiger partial charge in [-0.2, -0.15) is 0 Å². The summed E-state index contributed by atoms with van der Waals surface area (Å²) in [4.78, 5) is 37.7. The predicted molar refractivity (Wildman–Crippen MR) is 138 cm³/mol. The number of aryl methyl sites for hydroxylation is 1. The number of aliphatic carboxylic acids is 1. The molecule has 3 N–H and O–H groups in total. The first kappa shape index (κ1) is 25.4. The van der Waals surface area contributed by atoms with E-state index in [-0.39, 0.29) is 34.9 Å². The minimum absolute atomic E-state index is 0.0248. The van der Waals surface area contributed by atoms with Crippen molar-refractivity contribution in [3.8, 4) is 5.00 Å². The number of ketones is 1. The SMILES string of the molecule is Cc1nnc(CNC(=O)Nc2ccccc2Cl)n1-c1sc(CC(=O)O)cc1C(=O)c1ccccc1Cl. The molecule has 4 aromatic rings. The van der Waals surface area contributed by atoms with Gasteiger partial charge in [-0.3, -0.25) is 14.2 Å². The number of carbonyl (C=O) groups excluding carboxylic acids is 2. The van der Waals surface area contributed by atoms with Crippen LogP contribution in [-0.4, -0.2) is 37.7 Å². The molecular formula is C24H19Cl2N5O4S. The summed E-state index contributed by atoms with van der Waals surface area (Å²) >= 11 is 13.5. The number of benzene rings is 2. The van der Waals surface area contributed by atoms with Crippen LogP contribution < -0.4 is 10.6 Å². The number of halogens is 2. The molecule has 0 spiro atoms. The van der Waals surface area contributed by atoms with Crippen molar-refractivity contribution in [2.75, 3.05) is 5.32 Å². The van der Waals surface area contributed by atoms with Gasteiger partial charge in [-0.25, -0.2) is 4.79 Å². The summed E-state index contributed by atoms with van der Waals surface area (Å²) in [5, 5.41) is 24.0. The van der Waals surface area contributed by atoms with E-state index >= 15 is 0 Å². The van der Waals surface area contributed by atoms with E-state index in [1.54, 1.807) is 66.1 Å². The maximum Gasteiger partial charge on any atom is 0.319 e. The molecule has 184 valence electrons. The molecule has 0 saturated carbocycles. The number of thiophene rings is 1. The Bertz CT molecular complexity index is 1470. The van der Waals surface area contributed by atoms with Crippen LogP contribution in [0.1, 0.15) is 32.4 Å². The molecule has 36 heavy (non-hydrogen) atoms. The van der Waals surface area contributed by atoms with Crippen molar-refractivity contribution in [3.05, 3.63) is 92.3 Å². The number of urea groups is 1. The van der Waals surface area contributed by atoms with Crippen LogP contribution in [0.25, 0.3) is 5.00 Å². The number of hydrogen-bond donors (Lipinski definition) is 3. The number of carbonyl (C=O) groups is 3. The molecular weight excluding hydrogens is 525 g/mol. The molecule has 9 nitrogen and oxygen atoms in total. The molecule has 0 bridgehead atoms. The van der Waals surface area contributed by atoms with Gasteiger partial charge in [0.15, 0.2) is 11.6 Å². The number of nitrogens with one attached hydrogen (secondary N) is 2. The minimum atomic E-state index is -1.03. The van der Waals surface area contributed by atoms with Crippen molar-refractivity contribution in [1.82, 2.24) is 20.1 Å². The third-order valence-corrected chi connectivity index (χ3v) is 6.86. The lowest BCUT2D eigenvalue weighted by Crippen LogP contribution is -2.29. The number of nitrogens with zero attached hydrogens (tertiary/aromatic N) is 3. The second-order valence-corrected chi connectivity index (χ2v) is 9.53. The Morgan fingerprint density at radius 2 is 1.69 bits per heavy atom. The molecule has 0 fully saturated rings. The van der Waals surface area contributed by atoms with Crippen LogP contribution in [0.3, 0.4) is 0 Å². The average molecular weight is 544 g/mol. The van der Waals surface area contributed by atoms with Crippen LogP contribution in [0.5, 0.6) is 0 Å². The summed E-state index contributed by atoms with van der Waals surface area (Å²) < 4.78 is 1.62. The van der Waals surface area contributed by atoms with Gasteiger partial charge in [-0.1, -0.05) is 47.5 Å². The van der Waals surface area contributed by atoms with E-state index < -0.39 is 12.0 Å². The van der Waals surface area contributed by atoms with Gasteiger partial charge >= 0.3 is 12.0 Å². The Morgan fingerprint density at radius 3 is 2.39 bits per heavy atom. The Kier molecular flexibility index (Phi) is 7.68. The number of amides is 2. The van der Waals surface area contributed by atoms with Gasteiger partial charge in [-0.05, 0) is 37.3 Å². The topological polar surface area (TPSA) is 126 Å². The molecule has 0 saturated heterocycles. The first-order valence-corrected chi connectivity index (χ1v) is 12.2. The predicted octanol–water partition coefficient (Wildman–Crippen LogP) is 5.12. The third-order valence-electron chi connectivity index (χ3n) is 5.08. The Hall–Kier alpha value is -3.73. The number of para-hydroxylation sites is 1. The number of aromatic nitrogens is 3. The Labute approximate surface area is 219 Å². The maximum absolute atomic E-state index is 13.4. The Balaban J connectivity index is 1.66. The summed E-state index contributed by atoms with van der Waals surface area (Å²) in [7, 11) is 0. The van der Waals surface area contributed by atoms with Crippen molar-refractivity contribution < 1.29 is 19.5 Å². The third kappa shape index (κ3) is 5.56. The van der Waals surface area contributed by atoms with Gasteiger partial charge in [0.2, 0.25) is 0 Å². The van der Waals surface area contributed by atoms with Crippen LogP contribution in [-0.2, 0) is 17.8 Å². The first-order valence-electron chi connectivity index (χ1n) is 10.6. The molecule has 2 aromatic heterocycles. The van der Waals surface area contributed by atoms with E-state index in [2.05, 4.69) is 20.8 Å². The molecule has 2 amide bonds. The van der Waals surface area contributed by atoms with Gasteiger partial charge in [0.25, 0.3) is 0 Å². The lowest BCUT2D eigenvalue weighted by molar-refractivity contribution is -0.136. The molecule has 4 rings (SSSR count). The van der Waals surface area contributed by atoms with E-state index in [1.807, 2.05) is 0 Å². The molecule has 0 aliphatic rings. The van der Waals surface area contributed by atoms with Gasteiger partial charge < -0.3 is 15.7 Å². The number of carboxylic acid groups (broad SMARTS) is 1. The van der Waals surface area contributed by atoms with Crippen molar-refractivity contribution in [1.29, 1.82) is 0 Å². The van der Waals surface area contributed by atoms with Crippen molar-refractivity contribution >= 4 is 58.0 Å². The van der Waals surface area contributed by atoms with E-state index in [9.17, 15) is 19.5 Å². The molecule has 0 atom stereocenters. The fourth-order valence-electron chi connectivity index (χ4n) is 3.46. The highest BCUT2D eigenvalue weighted by atomic mass is 35.5.